The lowest BCUT2D eigenvalue weighted by molar-refractivity contribution is -0.241. The zero-order valence-electron chi connectivity index (χ0n) is 21.7. The maximum Gasteiger partial charge on any atom is 0.419 e. The molecule has 4 rings (SSSR count). The molecule has 2 amide bonds. The quantitative estimate of drug-likeness (QED) is 0.185. The summed E-state index contributed by atoms with van der Waals surface area (Å²) in [4.78, 5) is 50.8. The summed E-state index contributed by atoms with van der Waals surface area (Å²) in [7, 11) is 1.11. The van der Waals surface area contributed by atoms with E-state index in [0.717, 1.165) is 30.0 Å². The van der Waals surface area contributed by atoms with Gasteiger partial charge in [-0.2, -0.15) is 13.2 Å². The van der Waals surface area contributed by atoms with Crippen LogP contribution in [0.1, 0.15) is 11.8 Å². The van der Waals surface area contributed by atoms with Crippen LogP contribution < -0.4 is 22.3 Å². The summed E-state index contributed by atoms with van der Waals surface area (Å²) in [6, 6.07) is 2.56. The number of aromatic amines is 1. The third-order valence-electron chi connectivity index (χ3n) is 6.45. The van der Waals surface area contributed by atoms with Crippen molar-refractivity contribution >= 4 is 17.5 Å². The summed E-state index contributed by atoms with van der Waals surface area (Å²) in [6.45, 7) is 0. The average molecular weight is 620 g/mol. The number of halogens is 4. The zero-order chi connectivity index (χ0) is 31.8. The highest BCUT2D eigenvalue weighted by atomic mass is 19.4. The summed E-state index contributed by atoms with van der Waals surface area (Å²) in [5, 5.41) is 33.5. The van der Waals surface area contributed by atoms with Gasteiger partial charge in [0.05, 0.1) is 5.56 Å². The number of nitrogens with one attached hydrogen (secondary N) is 2. The number of alkyl halides is 3. The molecule has 7 N–H and O–H groups in total. The number of H-pyrrole nitrogens is 1. The number of nitrogens with zero attached hydrogens (tertiary/aromatic N) is 1. The molecule has 0 unspecified atom stereocenters. The monoisotopic (exact) mass is 620 g/mol. The van der Waals surface area contributed by atoms with Gasteiger partial charge in [0.1, 0.15) is 36.3 Å². The molecular formula is C24H24F4N4O11. The first-order chi connectivity index (χ1) is 20.1. The van der Waals surface area contributed by atoms with E-state index >= 15 is 0 Å². The summed E-state index contributed by atoms with van der Waals surface area (Å²) in [5.41, 5.74) is 1.55. The molecule has 234 valence electrons. The SMILES string of the molecule is CO[C@H]1[C@@H](O)[C@H](n2ccc(=O)[nH]c2=O)O[C@@H]1[C@@H](O[C@H]1OC(C(=O)Nc2ccc(F)c(C(F)(F)F)c2)=C[C@H](O)[C@@H]1O)C(N)=O. The molecule has 2 aromatic rings. The minimum absolute atomic E-state index is 0.316. The van der Waals surface area contributed by atoms with Crippen LogP contribution in [-0.2, 0) is 34.7 Å². The number of anilines is 1. The maximum absolute atomic E-state index is 13.6. The van der Waals surface area contributed by atoms with Gasteiger partial charge in [-0.1, -0.05) is 0 Å². The van der Waals surface area contributed by atoms with Crippen LogP contribution >= 0.6 is 0 Å². The molecule has 1 saturated heterocycles. The average Bonchev–Trinajstić information content (AvgIpc) is 3.24. The van der Waals surface area contributed by atoms with Crippen LogP contribution in [0, 0.1) is 5.82 Å². The molecular weight excluding hydrogens is 596 g/mol. The van der Waals surface area contributed by atoms with Gasteiger partial charge < -0.3 is 45.3 Å². The number of rotatable bonds is 8. The van der Waals surface area contributed by atoms with Gasteiger partial charge >= 0.3 is 11.9 Å². The minimum atomic E-state index is -5.07. The molecule has 19 heteroatoms. The van der Waals surface area contributed by atoms with E-state index in [2.05, 4.69) is 0 Å². The number of methoxy groups -OCH3 is 1. The lowest BCUT2D eigenvalue weighted by atomic mass is 10.0. The molecule has 2 aliphatic heterocycles. The number of hydrogen-bond donors (Lipinski definition) is 6. The van der Waals surface area contributed by atoms with E-state index in [1.54, 1.807) is 0 Å². The van der Waals surface area contributed by atoms with Crippen molar-refractivity contribution in [2.75, 3.05) is 12.4 Å². The standard InChI is InChI=1S/C24H24F4N4O11/c1-40-16-15(36)21(32-5-4-13(34)31-23(32)39)42-17(16)18(19(29)37)43-22-14(35)11(33)7-12(41-22)20(38)30-8-2-3-10(25)9(6-8)24(26,27)28/h2-7,11,14-18,21-22,33,35-36H,1H3,(H2,29,37)(H,30,38)(H,31,34,39)/t11-,14-,15+,16-,17-,18+,21+,22+/m0/s1. The van der Waals surface area contributed by atoms with E-state index in [9.17, 15) is 52.1 Å². The number of carbonyl (C=O) groups excluding carboxylic acids is 2. The molecule has 15 nitrogen and oxygen atoms in total. The molecule has 1 fully saturated rings. The van der Waals surface area contributed by atoms with Crippen molar-refractivity contribution in [2.45, 2.75) is 55.3 Å². The van der Waals surface area contributed by atoms with Crippen molar-refractivity contribution < 1.29 is 61.4 Å². The molecule has 0 saturated carbocycles. The Hall–Kier alpha value is -4.14. The topological polar surface area (TPSA) is 225 Å². The highest BCUT2D eigenvalue weighted by molar-refractivity contribution is 6.02. The van der Waals surface area contributed by atoms with Crippen LogP contribution in [0.4, 0.5) is 23.2 Å². The van der Waals surface area contributed by atoms with Gasteiger partial charge in [0, 0.05) is 25.1 Å². The lowest BCUT2D eigenvalue weighted by Gasteiger charge is -2.35. The van der Waals surface area contributed by atoms with E-state index in [1.807, 2.05) is 10.3 Å². The summed E-state index contributed by atoms with van der Waals surface area (Å²) in [5.74, 6) is -4.90. The normalized spacial score (nSPS) is 28.1. The fraction of sp³-hybridized carbons (Fsp3) is 0.417. The smallest absolute Gasteiger partial charge is 0.419 e. The number of primary amides is 1. The highest BCUT2D eigenvalue weighted by Crippen LogP contribution is 2.35. The largest absolute Gasteiger partial charge is 0.456 e. The van der Waals surface area contributed by atoms with Crippen molar-refractivity contribution in [1.82, 2.24) is 9.55 Å². The van der Waals surface area contributed by atoms with Gasteiger partial charge in [-0.15, -0.1) is 0 Å². The lowest BCUT2D eigenvalue weighted by Crippen LogP contribution is -2.53. The third-order valence-corrected chi connectivity index (χ3v) is 6.45. The number of amides is 2. The molecule has 43 heavy (non-hydrogen) atoms. The van der Waals surface area contributed by atoms with Crippen molar-refractivity contribution in [2.24, 2.45) is 5.73 Å². The molecule has 2 aliphatic rings. The second-order valence-corrected chi connectivity index (χ2v) is 9.30. The Morgan fingerprint density at radius 2 is 1.86 bits per heavy atom. The van der Waals surface area contributed by atoms with Gasteiger partial charge in [-0.3, -0.25) is 23.9 Å². The van der Waals surface area contributed by atoms with Gasteiger partial charge in [0.15, 0.2) is 18.1 Å². The van der Waals surface area contributed by atoms with Gasteiger partial charge in [-0.05, 0) is 24.3 Å². The Balaban J connectivity index is 1.55. The minimum Gasteiger partial charge on any atom is -0.456 e. The van der Waals surface area contributed by atoms with Crippen LogP contribution in [0.3, 0.4) is 0 Å². The van der Waals surface area contributed by atoms with Gasteiger partial charge in [0.2, 0.25) is 12.2 Å². The number of aliphatic hydroxyl groups is 3. The molecule has 1 aromatic heterocycles. The Kier molecular flexibility index (Phi) is 9.04. The Morgan fingerprint density at radius 1 is 1.16 bits per heavy atom. The first-order valence-electron chi connectivity index (χ1n) is 12.2. The van der Waals surface area contributed by atoms with Crippen molar-refractivity contribution in [3.63, 3.8) is 0 Å². The van der Waals surface area contributed by atoms with Crippen LogP contribution in [0.5, 0.6) is 0 Å². The molecule has 0 spiro atoms. The van der Waals surface area contributed by atoms with E-state index in [0.29, 0.717) is 18.2 Å². The summed E-state index contributed by atoms with van der Waals surface area (Å²) >= 11 is 0. The van der Waals surface area contributed by atoms with E-state index in [4.69, 9.17) is 24.7 Å². The highest BCUT2D eigenvalue weighted by Gasteiger charge is 2.52. The van der Waals surface area contributed by atoms with Crippen molar-refractivity contribution in [3.05, 3.63) is 74.5 Å². The number of aromatic nitrogens is 2. The predicted octanol–water partition coefficient (Wildman–Crippen LogP) is -1.56. The second-order valence-electron chi connectivity index (χ2n) is 9.30. The molecule has 0 bridgehead atoms. The van der Waals surface area contributed by atoms with Crippen LogP contribution in [0.2, 0.25) is 0 Å². The molecule has 0 radical (unpaired) electrons. The fourth-order valence-corrected chi connectivity index (χ4v) is 4.40. The van der Waals surface area contributed by atoms with Gasteiger partial charge in [0.25, 0.3) is 11.5 Å². The molecule has 0 aliphatic carbocycles. The Bertz CT molecular complexity index is 1530. The fourth-order valence-electron chi connectivity index (χ4n) is 4.40. The van der Waals surface area contributed by atoms with Crippen LogP contribution in [0.25, 0.3) is 0 Å². The van der Waals surface area contributed by atoms with E-state index < -0.39 is 101 Å². The number of nitrogens with two attached hydrogens (primary N) is 1. The van der Waals surface area contributed by atoms with Gasteiger partial charge in [-0.25, -0.2) is 9.18 Å². The van der Waals surface area contributed by atoms with E-state index in [1.165, 1.54) is 0 Å². The predicted molar refractivity (Wildman–Crippen MR) is 131 cm³/mol. The number of carbonyl (C=O) groups is 2. The first kappa shape index (κ1) is 31.8. The zero-order valence-corrected chi connectivity index (χ0v) is 21.7. The molecule has 3 heterocycles. The molecule has 8 atom stereocenters. The molecule has 1 aromatic carbocycles. The number of aliphatic hydroxyl groups excluding tert-OH is 3. The Labute approximate surface area is 237 Å². The summed E-state index contributed by atoms with van der Waals surface area (Å²) < 4.78 is 75.1. The van der Waals surface area contributed by atoms with Crippen LogP contribution in [-0.4, -0.2) is 86.7 Å². The van der Waals surface area contributed by atoms with Crippen molar-refractivity contribution in [3.8, 4) is 0 Å². The van der Waals surface area contributed by atoms with Crippen molar-refractivity contribution in [1.29, 1.82) is 0 Å². The Morgan fingerprint density at radius 3 is 2.47 bits per heavy atom. The third kappa shape index (κ3) is 6.60. The number of hydrogen-bond acceptors (Lipinski definition) is 11. The number of benzene rings is 1. The van der Waals surface area contributed by atoms with E-state index in [-0.39, 0.29) is 0 Å². The first-order valence-corrected chi connectivity index (χ1v) is 12.2. The maximum atomic E-state index is 13.6. The second kappa shape index (κ2) is 12.2. The number of ether oxygens (including phenoxy) is 4. The summed E-state index contributed by atoms with van der Waals surface area (Å²) in [6.07, 6.45) is -17.4. The van der Waals surface area contributed by atoms with Crippen LogP contribution in [0.15, 0.2) is 51.9 Å².